The fourth-order valence-corrected chi connectivity index (χ4v) is 3.96. The highest BCUT2D eigenvalue weighted by Gasteiger charge is 2.21. The Morgan fingerprint density at radius 1 is 1.16 bits per heavy atom. The van der Waals surface area contributed by atoms with Crippen LogP contribution in [0.5, 0.6) is 11.5 Å². The number of rotatable bonds is 8. The van der Waals surface area contributed by atoms with Crippen LogP contribution in [0.2, 0.25) is 0 Å². The molecule has 0 atom stereocenters. The number of carbonyl (C=O) groups excluding carboxylic acids is 1. The molecule has 1 fully saturated rings. The van der Waals surface area contributed by atoms with Crippen molar-refractivity contribution >= 4 is 5.91 Å². The minimum Gasteiger partial charge on any atom is -0.494 e. The molecule has 0 aliphatic carbocycles. The molecule has 0 spiro atoms. The third kappa shape index (κ3) is 6.44. The van der Waals surface area contributed by atoms with Crippen molar-refractivity contribution in [1.29, 1.82) is 0 Å². The monoisotopic (exact) mass is 428 g/mol. The molecule has 0 aromatic heterocycles. The van der Waals surface area contributed by atoms with Gasteiger partial charge in [-0.3, -0.25) is 9.69 Å². The SMILES string of the molecule is COc1ccc(CN2CCC(NC(=O)COc3cc(C)ccc3C(C)C)CC2)cc1F. The summed E-state index contributed by atoms with van der Waals surface area (Å²) in [4.78, 5) is 14.7. The minimum atomic E-state index is -0.337. The number of aryl methyl sites for hydroxylation is 1. The van der Waals surface area contributed by atoms with Crippen molar-refractivity contribution in [1.82, 2.24) is 10.2 Å². The average Bonchev–Trinajstić information content (AvgIpc) is 2.73. The van der Waals surface area contributed by atoms with Gasteiger partial charge in [-0.15, -0.1) is 0 Å². The van der Waals surface area contributed by atoms with Crippen molar-refractivity contribution in [3.63, 3.8) is 0 Å². The number of hydrogen-bond acceptors (Lipinski definition) is 4. The third-order valence-corrected chi connectivity index (χ3v) is 5.72. The van der Waals surface area contributed by atoms with E-state index in [9.17, 15) is 9.18 Å². The molecule has 0 bridgehead atoms. The van der Waals surface area contributed by atoms with Crippen molar-refractivity contribution in [3.8, 4) is 11.5 Å². The first-order valence-electron chi connectivity index (χ1n) is 10.9. The van der Waals surface area contributed by atoms with Gasteiger partial charge >= 0.3 is 0 Å². The van der Waals surface area contributed by atoms with Crippen molar-refractivity contribution in [2.45, 2.75) is 52.1 Å². The van der Waals surface area contributed by atoms with Gasteiger partial charge in [-0.05, 0) is 60.6 Å². The van der Waals surface area contributed by atoms with Gasteiger partial charge in [0, 0.05) is 25.7 Å². The van der Waals surface area contributed by atoms with Crippen LogP contribution in [-0.4, -0.2) is 43.7 Å². The summed E-state index contributed by atoms with van der Waals surface area (Å²) in [7, 11) is 1.46. The summed E-state index contributed by atoms with van der Waals surface area (Å²) in [6.07, 6.45) is 1.73. The lowest BCUT2D eigenvalue weighted by molar-refractivity contribution is -0.124. The van der Waals surface area contributed by atoms with E-state index in [-0.39, 0.29) is 30.1 Å². The largest absolute Gasteiger partial charge is 0.494 e. The standard InChI is InChI=1S/C25H33FN2O3/c1-17(2)21-7-5-18(3)13-24(21)31-16-25(29)27-20-9-11-28(12-10-20)15-19-6-8-23(30-4)22(26)14-19/h5-8,13-14,17,20H,9-12,15-16H2,1-4H3,(H,27,29). The second-order valence-electron chi connectivity index (χ2n) is 8.57. The second kappa shape index (κ2) is 10.6. The van der Waals surface area contributed by atoms with Crippen LogP contribution < -0.4 is 14.8 Å². The summed E-state index contributed by atoms with van der Waals surface area (Å²) in [5, 5.41) is 3.09. The maximum absolute atomic E-state index is 13.9. The average molecular weight is 429 g/mol. The molecule has 3 rings (SSSR count). The molecule has 1 saturated heterocycles. The number of carbonyl (C=O) groups is 1. The van der Waals surface area contributed by atoms with Crippen LogP contribution in [0.4, 0.5) is 4.39 Å². The van der Waals surface area contributed by atoms with E-state index in [0.29, 0.717) is 12.5 Å². The van der Waals surface area contributed by atoms with Crippen LogP contribution in [0.3, 0.4) is 0 Å². The zero-order chi connectivity index (χ0) is 22.4. The molecule has 1 heterocycles. The highest BCUT2D eigenvalue weighted by atomic mass is 19.1. The summed E-state index contributed by atoms with van der Waals surface area (Å²) in [6, 6.07) is 11.3. The molecule has 2 aromatic carbocycles. The summed E-state index contributed by atoms with van der Waals surface area (Å²) < 4.78 is 24.7. The molecule has 2 aromatic rings. The molecule has 168 valence electrons. The number of ether oxygens (including phenoxy) is 2. The van der Waals surface area contributed by atoms with Crippen LogP contribution in [0.1, 0.15) is 49.3 Å². The maximum atomic E-state index is 13.9. The van der Waals surface area contributed by atoms with Crippen LogP contribution in [0.25, 0.3) is 0 Å². The van der Waals surface area contributed by atoms with Gasteiger partial charge in [0.1, 0.15) is 5.75 Å². The number of methoxy groups -OCH3 is 1. The number of likely N-dealkylation sites (tertiary alicyclic amines) is 1. The molecular weight excluding hydrogens is 395 g/mol. The Hall–Kier alpha value is -2.60. The number of halogens is 1. The lowest BCUT2D eigenvalue weighted by Gasteiger charge is -2.32. The van der Waals surface area contributed by atoms with E-state index in [0.717, 1.165) is 48.4 Å². The molecule has 1 aliphatic heterocycles. The Bertz CT molecular complexity index is 892. The Morgan fingerprint density at radius 2 is 1.90 bits per heavy atom. The minimum absolute atomic E-state index is 0.0223. The molecule has 0 radical (unpaired) electrons. The predicted octanol–water partition coefficient (Wildman–Crippen LogP) is 4.43. The number of nitrogens with zero attached hydrogens (tertiary/aromatic N) is 1. The highest BCUT2D eigenvalue weighted by Crippen LogP contribution is 2.27. The van der Waals surface area contributed by atoms with E-state index in [1.165, 1.54) is 13.2 Å². The Balaban J connectivity index is 1.44. The molecule has 1 N–H and O–H groups in total. The third-order valence-electron chi connectivity index (χ3n) is 5.72. The second-order valence-corrected chi connectivity index (χ2v) is 8.57. The van der Waals surface area contributed by atoms with Gasteiger partial charge in [-0.25, -0.2) is 4.39 Å². The smallest absolute Gasteiger partial charge is 0.258 e. The lowest BCUT2D eigenvalue weighted by Crippen LogP contribution is -2.45. The Morgan fingerprint density at radius 3 is 2.55 bits per heavy atom. The number of nitrogens with one attached hydrogen (secondary N) is 1. The van der Waals surface area contributed by atoms with Gasteiger partial charge in [-0.2, -0.15) is 0 Å². The van der Waals surface area contributed by atoms with E-state index in [1.807, 2.05) is 19.1 Å². The van der Waals surface area contributed by atoms with E-state index >= 15 is 0 Å². The lowest BCUT2D eigenvalue weighted by atomic mass is 10.0. The molecule has 6 heteroatoms. The highest BCUT2D eigenvalue weighted by molar-refractivity contribution is 5.77. The zero-order valence-corrected chi connectivity index (χ0v) is 18.9. The first kappa shape index (κ1) is 23.1. The fourth-order valence-electron chi connectivity index (χ4n) is 3.96. The number of hydrogen-bond donors (Lipinski definition) is 1. The van der Waals surface area contributed by atoms with Crippen LogP contribution in [0.15, 0.2) is 36.4 Å². The summed E-state index contributed by atoms with van der Waals surface area (Å²) >= 11 is 0. The van der Waals surface area contributed by atoms with E-state index in [4.69, 9.17) is 9.47 Å². The van der Waals surface area contributed by atoms with Crippen molar-refractivity contribution < 1.29 is 18.7 Å². The molecule has 5 nitrogen and oxygen atoms in total. The van der Waals surface area contributed by atoms with Gasteiger partial charge in [0.15, 0.2) is 18.2 Å². The van der Waals surface area contributed by atoms with Gasteiger partial charge < -0.3 is 14.8 Å². The Kier molecular flexibility index (Phi) is 7.91. The van der Waals surface area contributed by atoms with E-state index in [1.54, 1.807) is 6.07 Å². The van der Waals surface area contributed by atoms with Gasteiger partial charge in [0.25, 0.3) is 5.91 Å². The molecule has 0 saturated carbocycles. The van der Waals surface area contributed by atoms with Gasteiger partial charge in [0.2, 0.25) is 0 Å². The number of amides is 1. The molecule has 0 unspecified atom stereocenters. The molecule has 1 amide bonds. The number of piperidine rings is 1. The van der Waals surface area contributed by atoms with Crippen LogP contribution >= 0.6 is 0 Å². The Labute approximate surface area is 184 Å². The van der Waals surface area contributed by atoms with Crippen molar-refractivity contribution in [3.05, 3.63) is 58.9 Å². The summed E-state index contributed by atoms with van der Waals surface area (Å²) in [5.41, 5.74) is 3.15. The topological polar surface area (TPSA) is 50.8 Å². The van der Waals surface area contributed by atoms with E-state index < -0.39 is 0 Å². The van der Waals surface area contributed by atoms with E-state index in [2.05, 4.69) is 36.2 Å². The van der Waals surface area contributed by atoms with Crippen molar-refractivity contribution in [2.75, 3.05) is 26.8 Å². The van der Waals surface area contributed by atoms with Crippen LogP contribution in [0, 0.1) is 12.7 Å². The first-order chi connectivity index (χ1) is 14.9. The molecule has 1 aliphatic rings. The maximum Gasteiger partial charge on any atom is 0.258 e. The number of benzene rings is 2. The predicted molar refractivity (Wildman–Crippen MR) is 120 cm³/mol. The van der Waals surface area contributed by atoms with Gasteiger partial charge in [0.05, 0.1) is 7.11 Å². The first-order valence-corrected chi connectivity index (χ1v) is 10.9. The van der Waals surface area contributed by atoms with Crippen LogP contribution in [-0.2, 0) is 11.3 Å². The quantitative estimate of drug-likeness (QED) is 0.676. The summed E-state index contributed by atoms with van der Waals surface area (Å²) in [5.74, 6) is 0.954. The fraction of sp³-hybridized carbons (Fsp3) is 0.480. The zero-order valence-electron chi connectivity index (χ0n) is 18.9. The molecule has 31 heavy (non-hydrogen) atoms. The summed E-state index contributed by atoms with van der Waals surface area (Å²) in [6.45, 7) is 8.68. The van der Waals surface area contributed by atoms with Gasteiger partial charge in [-0.1, -0.05) is 32.0 Å². The normalized spacial score (nSPS) is 15.2. The molecular formula is C25H33FN2O3. The van der Waals surface area contributed by atoms with Crippen molar-refractivity contribution in [2.24, 2.45) is 0 Å².